The highest BCUT2D eigenvalue weighted by Gasteiger charge is 2.06. The normalized spacial score (nSPS) is 10.1. The topological polar surface area (TPSA) is 18.5 Å². The van der Waals surface area contributed by atoms with Crippen LogP contribution < -0.4 is 9.47 Å². The summed E-state index contributed by atoms with van der Waals surface area (Å²) in [6, 6.07) is 15.7. The zero-order chi connectivity index (χ0) is 14.2. The minimum Gasteiger partial charge on any atom is -0.486 e. The minimum atomic E-state index is 0.438. The van der Waals surface area contributed by atoms with Gasteiger partial charge in [0, 0.05) is 5.88 Å². The molecule has 0 saturated heterocycles. The average molecular weight is 289 g/mol. The molecule has 0 aliphatic heterocycles. The van der Waals surface area contributed by atoms with Crippen molar-refractivity contribution in [3.63, 3.8) is 0 Å². The summed E-state index contributed by atoms with van der Waals surface area (Å²) in [5, 5.41) is 0. The second-order valence-corrected chi connectivity index (χ2v) is 4.56. The van der Waals surface area contributed by atoms with Gasteiger partial charge in [0.05, 0.1) is 0 Å². The van der Waals surface area contributed by atoms with Gasteiger partial charge in [-0.25, -0.2) is 0 Å². The Morgan fingerprint density at radius 3 is 2.45 bits per heavy atom. The first-order valence-corrected chi connectivity index (χ1v) is 6.96. The van der Waals surface area contributed by atoms with Gasteiger partial charge in [0.1, 0.15) is 13.2 Å². The number of hydrogen-bond donors (Lipinski definition) is 0. The molecule has 0 fully saturated rings. The Morgan fingerprint density at radius 1 is 0.950 bits per heavy atom. The van der Waals surface area contributed by atoms with Crippen molar-refractivity contribution < 1.29 is 9.47 Å². The summed E-state index contributed by atoms with van der Waals surface area (Å²) in [7, 11) is 0. The van der Waals surface area contributed by atoms with Gasteiger partial charge in [-0.15, -0.1) is 11.6 Å². The maximum atomic E-state index is 5.84. The summed E-state index contributed by atoms with van der Waals surface area (Å²) >= 11 is 5.84. The van der Waals surface area contributed by atoms with Gasteiger partial charge in [-0.1, -0.05) is 49.1 Å². The van der Waals surface area contributed by atoms with E-state index in [-0.39, 0.29) is 0 Å². The summed E-state index contributed by atoms with van der Waals surface area (Å²) < 4.78 is 11.4. The first-order valence-electron chi connectivity index (χ1n) is 6.43. The number of benzene rings is 2. The third-order valence-corrected chi connectivity index (χ3v) is 3.06. The molecule has 3 heteroatoms. The zero-order valence-electron chi connectivity index (χ0n) is 11.2. The summed E-state index contributed by atoms with van der Waals surface area (Å²) in [4.78, 5) is 0. The second-order valence-electron chi connectivity index (χ2n) is 4.29. The molecule has 0 spiro atoms. The van der Waals surface area contributed by atoms with Crippen molar-refractivity contribution in [2.75, 3.05) is 6.61 Å². The maximum Gasteiger partial charge on any atom is 0.161 e. The van der Waals surface area contributed by atoms with Crippen LogP contribution in [0.15, 0.2) is 61.2 Å². The Morgan fingerprint density at radius 2 is 1.75 bits per heavy atom. The van der Waals surface area contributed by atoms with E-state index >= 15 is 0 Å². The monoisotopic (exact) mass is 288 g/mol. The van der Waals surface area contributed by atoms with E-state index in [4.69, 9.17) is 21.1 Å². The lowest BCUT2D eigenvalue weighted by Crippen LogP contribution is -2.00. The highest BCUT2D eigenvalue weighted by atomic mass is 35.5. The van der Waals surface area contributed by atoms with E-state index in [9.17, 15) is 0 Å². The molecular weight excluding hydrogens is 272 g/mol. The SMILES string of the molecule is C=CCOc1cc(CCl)ccc1OCc1ccccc1. The Kier molecular flexibility index (Phi) is 5.51. The van der Waals surface area contributed by atoms with Crippen molar-refractivity contribution >= 4 is 11.6 Å². The van der Waals surface area contributed by atoms with Gasteiger partial charge in [-0.2, -0.15) is 0 Å². The second kappa shape index (κ2) is 7.61. The summed E-state index contributed by atoms with van der Waals surface area (Å²) in [5.74, 6) is 1.85. The van der Waals surface area contributed by atoms with Crippen LogP contribution in [0.2, 0.25) is 0 Å². The summed E-state index contributed by atoms with van der Waals surface area (Å²) in [6.07, 6.45) is 1.70. The van der Waals surface area contributed by atoms with Crippen LogP contribution in [0.5, 0.6) is 11.5 Å². The molecular formula is C17H17ClO2. The molecule has 0 N–H and O–H groups in total. The number of ether oxygens (including phenoxy) is 2. The molecule has 0 atom stereocenters. The average Bonchev–Trinajstić information content (AvgIpc) is 2.52. The van der Waals surface area contributed by atoms with Gasteiger partial charge in [0.15, 0.2) is 11.5 Å². The van der Waals surface area contributed by atoms with Crippen molar-refractivity contribution in [2.45, 2.75) is 12.5 Å². The van der Waals surface area contributed by atoms with Crippen LogP contribution in [0.1, 0.15) is 11.1 Å². The first-order chi connectivity index (χ1) is 9.83. The van der Waals surface area contributed by atoms with E-state index in [0.29, 0.717) is 30.6 Å². The first kappa shape index (κ1) is 14.5. The maximum absolute atomic E-state index is 5.84. The molecule has 0 bridgehead atoms. The fourth-order valence-electron chi connectivity index (χ4n) is 1.75. The summed E-state index contributed by atoms with van der Waals surface area (Å²) in [6.45, 7) is 4.59. The number of hydrogen-bond acceptors (Lipinski definition) is 2. The number of alkyl halides is 1. The Labute approximate surface area is 124 Å². The lowest BCUT2D eigenvalue weighted by atomic mass is 10.2. The van der Waals surface area contributed by atoms with Crippen LogP contribution in [0, 0.1) is 0 Å². The van der Waals surface area contributed by atoms with Crippen molar-refractivity contribution in [3.05, 3.63) is 72.3 Å². The molecule has 104 valence electrons. The standard InChI is InChI=1S/C17H17ClO2/c1-2-10-19-17-11-15(12-18)8-9-16(17)20-13-14-6-4-3-5-7-14/h2-9,11H,1,10,12-13H2. The summed E-state index contributed by atoms with van der Waals surface area (Å²) in [5.41, 5.74) is 2.11. The van der Waals surface area contributed by atoms with Gasteiger partial charge in [0.2, 0.25) is 0 Å². The molecule has 0 unspecified atom stereocenters. The fourth-order valence-corrected chi connectivity index (χ4v) is 1.92. The lowest BCUT2D eigenvalue weighted by Gasteiger charge is -2.13. The third-order valence-electron chi connectivity index (χ3n) is 2.76. The molecule has 2 rings (SSSR count). The molecule has 20 heavy (non-hydrogen) atoms. The molecule has 2 nitrogen and oxygen atoms in total. The largest absolute Gasteiger partial charge is 0.486 e. The minimum absolute atomic E-state index is 0.438. The fraction of sp³-hybridized carbons (Fsp3) is 0.176. The van der Waals surface area contributed by atoms with E-state index in [0.717, 1.165) is 11.1 Å². The third kappa shape index (κ3) is 4.04. The molecule has 2 aromatic rings. The van der Waals surface area contributed by atoms with Crippen LogP contribution in [0.25, 0.3) is 0 Å². The van der Waals surface area contributed by atoms with Gasteiger partial charge in [0.25, 0.3) is 0 Å². The van der Waals surface area contributed by atoms with E-state index in [1.165, 1.54) is 0 Å². The molecule has 0 heterocycles. The van der Waals surface area contributed by atoms with Crippen LogP contribution in [0.4, 0.5) is 0 Å². The van der Waals surface area contributed by atoms with Crippen LogP contribution in [-0.2, 0) is 12.5 Å². The van der Waals surface area contributed by atoms with E-state index in [1.54, 1.807) is 6.08 Å². The quantitative estimate of drug-likeness (QED) is 0.549. The molecule has 2 aromatic carbocycles. The van der Waals surface area contributed by atoms with Crippen LogP contribution in [-0.4, -0.2) is 6.61 Å². The molecule has 0 saturated carbocycles. The number of rotatable bonds is 7. The molecule has 0 aromatic heterocycles. The van der Waals surface area contributed by atoms with Crippen molar-refractivity contribution in [2.24, 2.45) is 0 Å². The lowest BCUT2D eigenvalue weighted by molar-refractivity contribution is 0.275. The van der Waals surface area contributed by atoms with Crippen molar-refractivity contribution in [1.29, 1.82) is 0 Å². The highest BCUT2D eigenvalue weighted by Crippen LogP contribution is 2.29. The van der Waals surface area contributed by atoms with Gasteiger partial charge >= 0.3 is 0 Å². The van der Waals surface area contributed by atoms with Crippen LogP contribution >= 0.6 is 11.6 Å². The Hall–Kier alpha value is -1.93. The molecule has 0 aliphatic rings. The Bertz CT molecular complexity index is 552. The predicted molar refractivity (Wildman–Crippen MR) is 82.5 cm³/mol. The number of halogens is 1. The van der Waals surface area contributed by atoms with Crippen molar-refractivity contribution in [1.82, 2.24) is 0 Å². The van der Waals surface area contributed by atoms with E-state index in [1.807, 2.05) is 48.5 Å². The smallest absolute Gasteiger partial charge is 0.161 e. The highest BCUT2D eigenvalue weighted by molar-refractivity contribution is 6.17. The zero-order valence-corrected chi connectivity index (χ0v) is 12.0. The molecule has 0 aliphatic carbocycles. The predicted octanol–water partition coefficient (Wildman–Crippen LogP) is 4.57. The van der Waals surface area contributed by atoms with E-state index in [2.05, 4.69) is 6.58 Å². The van der Waals surface area contributed by atoms with Crippen LogP contribution in [0.3, 0.4) is 0 Å². The van der Waals surface area contributed by atoms with E-state index < -0.39 is 0 Å². The van der Waals surface area contributed by atoms with Crippen molar-refractivity contribution in [3.8, 4) is 11.5 Å². The van der Waals surface area contributed by atoms with Gasteiger partial charge in [-0.3, -0.25) is 0 Å². The van der Waals surface area contributed by atoms with Gasteiger partial charge < -0.3 is 9.47 Å². The van der Waals surface area contributed by atoms with Gasteiger partial charge in [-0.05, 0) is 23.3 Å². The molecule has 0 radical (unpaired) electrons. The molecule has 0 amide bonds. The Balaban J connectivity index is 2.11.